The molecule has 0 spiro atoms. The fraction of sp³-hybridized carbons (Fsp3) is 0.286. The minimum atomic E-state index is 0.159. The van der Waals surface area contributed by atoms with Gasteiger partial charge in [-0.15, -0.1) is 0 Å². The van der Waals surface area contributed by atoms with Crippen molar-refractivity contribution in [2.75, 3.05) is 24.8 Å². The van der Waals surface area contributed by atoms with Crippen LogP contribution in [0.15, 0.2) is 72.3 Å². The van der Waals surface area contributed by atoms with E-state index in [1.165, 1.54) is 10.2 Å². The zero-order chi connectivity index (χ0) is 20.8. The summed E-state index contributed by atoms with van der Waals surface area (Å²) in [5.41, 5.74) is 8.26. The van der Waals surface area contributed by atoms with Gasteiger partial charge < -0.3 is 11.6 Å². The molecule has 0 aliphatic heterocycles. The number of aryl methyl sites for hydroxylation is 2. The number of anilines is 1. The predicted octanol–water partition coefficient (Wildman–Crippen LogP) is 2.13. The second-order valence-corrected chi connectivity index (χ2v) is 5.65. The molecule has 0 fully saturated rings. The molecule has 7 heteroatoms. The Labute approximate surface area is 167 Å². The number of allylic oxidation sites excluding steroid dienone is 2. The number of benzene rings is 1. The lowest BCUT2D eigenvalue weighted by Crippen LogP contribution is -2.37. The van der Waals surface area contributed by atoms with Gasteiger partial charge in [-0.05, 0) is 17.6 Å². The first-order valence-corrected chi connectivity index (χ1v) is 9.32. The predicted molar refractivity (Wildman–Crippen MR) is 117 cm³/mol. The minimum absolute atomic E-state index is 0.159. The quantitative estimate of drug-likeness (QED) is 0.350. The van der Waals surface area contributed by atoms with Crippen molar-refractivity contribution in [1.82, 2.24) is 20.0 Å². The topological polar surface area (TPSA) is 107 Å². The van der Waals surface area contributed by atoms with Gasteiger partial charge in [0.2, 0.25) is 11.6 Å². The molecule has 7 nitrogen and oxygen atoms in total. The molecule has 0 atom stereocenters. The van der Waals surface area contributed by atoms with E-state index in [9.17, 15) is 0 Å². The number of nitrogens with zero attached hydrogens (tertiary/aromatic N) is 4. The average Bonchev–Trinajstić information content (AvgIpc) is 2.72. The van der Waals surface area contributed by atoms with Crippen LogP contribution in [0.5, 0.6) is 0 Å². The van der Waals surface area contributed by atoms with Gasteiger partial charge in [-0.25, -0.2) is 9.67 Å². The van der Waals surface area contributed by atoms with Gasteiger partial charge in [-0.3, -0.25) is 5.32 Å². The zero-order valence-corrected chi connectivity index (χ0v) is 16.8. The normalized spacial score (nSPS) is 11.1. The third kappa shape index (κ3) is 8.01. The smallest absolute Gasteiger partial charge is 0.249 e. The highest BCUT2D eigenvalue weighted by atomic mass is 15.4. The van der Waals surface area contributed by atoms with E-state index in [1.54, 1.807) is 6.08 Å². The molecule has 0 aliphatic rings. The lowest BCUT2D eigenvalue weighted by atomic mass is 10.1. The van der Waals surface area contributed by atoms with Crippen LogP contribution in [0.3, 0.4) is 0 Å². The van der Waals surface area contributed by atoms with Crippen LogP contribution in [0.1, 0.15) is 25.2 Å². The largest absolute Gasteiger partial charge is 0.368 e. The third-order valence-electron chi connectivity index (χ3n) is 3.58. The van der Waals surface area contributed by atoms with Crippen molar-refractivity contribution < 1.29 is 0 Å². The van der Waals surface area contributed by atoms with Crippen molar-refractivity contribution in [3.63, 3.8) is 0 Å². The Kier molecular flexibility index (Phi) is 10.7. The van der Waals surface area contributed by atoms with Gasteiger partial charge in [0.25, 0.3) is 0 Å². The van der Waals surface area contributed by atoms with Crippen molar-refractivity contribution in [1.29, 1.82) is 0 Å². The molecule has 0 radical (unpaired) electrons. The summed E-state index contributed by atoms with van der Waals surface area (Å²) >= 11 is 0. The lowest BCUT2D eigenvalue weighted by molar-refractivity contribution is 0.667. The summed E-state index contributed by atoms with van der Waals surface area (Å²) in [6.45, 7) is 12.5. The number of nitrogens with two attached hydrogens (primary N) is 2. The van der Waals surface area contributed by atoms with Crippen molar-refractivity contribution in [3.05, 3.63) is 84.3 Å². The van der Waals surface area contributed by atoms with E-state index in [1.807, 2.05) is 44.2 Å². The van der Waals surface area contributed by atoms with Gasteiger partial charge in [-0.2, -0.15) is 9.97 Å². The van der Waals surface area contributed by atoms with Crippen LogP contribution in [0.25, 0.3) is 0 Å². The molecular weight excluding hydrogens is 350 g/mol. The molecule has 5 N–H and O–H groups in total. The summed E-state index contributed by atoms with van der Waals surface area (Å²) < 4.78 is 1.38. The Bertz CT molecular complexity index is 836. The first-order chi connectivity index (χ1) is 13.6. The van der Waals surface area contributed by atoms with E-state index in [0.29, 0.717) is 31.1 Å². The number of hydrogen-bond donors (Lipinski definition) is 3. The number of hydrogen-bond acceptors (Lipinski definition) is 6. The molecule has 0 amide bonds. The number of nitrogens with one attached hydrogen (secondary N) is 1. The van der Waals surface area contributed by atoms with E-state index in [2.05, 4.69) is 45.6 Å². The van der Waals surface area contributed by atoms with Crippen molar-refractivity contribution in [2.24, 2.45) is 4.99 Å². The molecule has 1 aromatic carbocycles. The first-order valence-electron chi connectivity index (χ1n) is 9.32. The average molecular weight is 382 g/mol. The Morgan fingerprint density at radius 2 is 1.93 bits per heavy atom. The highest BCUT2D eigenvalue weighted by Crippen LogP contribution is 2.04. The summed E-state index contributed by atoms with van der Waals surface area (Å²) in [4.78, 5) is 12.7. The number of aromatic nitrogens is 3. The molecule has 28 heavy (non-hydrogen) atoms. The van der Waals surface area contributed by atoms with Crippen molar-refractivity contribution in [3.8, 4) is 0 Å². The second kappa shape index (κ2) is 13.1. The third-order valence-corrected chi connectivity index (χ3v) is 3.58. The molecule has 1 heterocycles. The van der Waals surface area contributed by atoms with Crippen LogP contribution in [-0.4, -0.2) is 27.9 Å². The molecule has 150 valence electrons. The first kappa shape index (κ1) is 22.9. The Morgan fingerprint density at radius 3 is 2.61 bits per heavy atom. The molecule has 0 saturated heterocycles. The fourth-order valence-corrected chi connectivity index (χ4v) is 2.28. The van der Waals surface area contributed by atoms with Crippen LogP contribution >= 0.6 is 0 Å². The molecule has 0 aliphatic carbocycles. The zero-order valence-electron chi connectivity index (χ0n) is 16.8. The van der Waals surface area contributed by atoms with Gasteiger partial charge in [0.15, 0.2) is 0 Å². The summed E-state index contributed by atoms with van der Waals surface area (Å²) in [5, 5.41) is 3.14. The minimum Gasteiger partial charge on any atom is -0.368 e. The van der Waals surface area contributed by atoms with E-state index in [0.717, 1.165) is 12.0 Å². The molecular formula is C21H31N7. The van der Waals surface area contributed by atoms with Crippen LogP contribution < -0.4 is 22.5 Å². The van der Waals surface area contributed by atoms with Crippen molar-refractivity contribution in [2.45, 2.75) is 26.7 Å². The fourth-order valence-electron chi connectivity index (χ4n) is 2.28. The maximum atomic E-state index is 6.10. The van der Waals surface area contributed by atoms with E-state index < -0.39 is 0 Å². The SMILES string of the molecule is C=C/C=C\C(=C)CNC/N=c1/nc(N)nc(CCc2ccccc2)n1N.CC. The maximum absolute atomic E-state index is 6.10. The number of rotatable bonds is 9. The Hall–Kier alpha value is -3.19. The number of nitrogen functional groups attached to an aromatic ring is 2. The monoisotopic (exact) mass is 381 g/mol. The van der Waals surface area contributed by atoms with Crippen LogP contribution in [0.2, 0.25) is 0 Å². The van der Waals surface area contributed by atoms with Crippen LogP contribution in [0, 0.1) is 0 Å². The summed E-state index contributed by atoms with van der Waals surface area (Å²) in [5.74, 6) is 6.90. The summed E-state index contributed by atoms with van der Waals surface area (Å²) in [6.07, 6.45) is 6.87. The van der Waals surface area contributed by atoms with Crippen LogP contribution in [0.4, 0.5) is 5.95 Å². The van der Waals surface area contributed by atoms with E-state index in [-0.39, 0.29) is 5.95 Å². The highest BCUT2D eigenvalue weighted by Gasteiger charge is 2.05. The Balaban J connectivity index is 0.00000190. The van der Waals surface area contributed by atoms with Gasteiger partial charge in [-0.1, -0.05) is 75.6 Å². The van der Waals surface area contributed by atoms with E-state index >= 15 is 0 Å². The van der Waals surface area contributed by atoms with Gasteiger partial charge in [0.05, 0.1) is 6.67 Å². The molecule has 0 bridgehead atoms. The van der Waals surface area contributed by atoms with Gasteiger partial charge >= 0.3 is 0 Å². The Morgan fingerprint density at radius 1 is 1.21 bits per heavy atom. The van der Waals surface area contributed by atoms with Gasteiger partial charge in [0, 0.05) is 13.0 Å². The summed E-state index contributed by atoms with van der Waals surface area (Å²) in [7, 11) is 0. The van der Waals surface area contributed by atoms with E-state index in [4.69, 9.17) is 11.6 Å². The molecule has 2 rings (SSSR count). The second-order valence-electron chi connectivity index (χ2n) is 5.65. The molecule has 0 unspecified atom stereocenters. The van der Waals surface area contributed by atoms with Crippen LogP contribution in [-0.2, 0) is 12.8 Å². The standard InChI is InChI=1S/C19H25N7.C2H6/c1-3-4-8-15(2)13-22-14-23-19-25-18(20)24-17(26(19)21)12-11-16-9-6-5-7-10-16;1-2/h3-10,22H,1-2,11-14,21H2,(H2,20,23,25);1-2H3/b8-4-;. The highest BCUT2D eigenvalue weighted by molar-refractivity contribution is 5.19. The maximum Gasteiger partial charge on any atom is 0.249 e. The lowest BCUT2D eigenvalue weighted by Gasteiger charge is -2.09. The van der Waals surface area contributed by atoms with Crippen molar-refractivity contribution >= 4 is 5.95 Å². The summed E-state index contributed by atoms with van der Waals surface area (Å²) in [6, 6.07) is 10.1. The van der Waals surface area contributed by atoms with Gasteiger partial charge in [0.1, 0.15) is 5.82 Å². The molecule has 1 aromatic heterocycles. The molecule has 2 aromatic rings. The molecule has 0 saturated carbocycles.